The van der Waals surface area contributed by atoms with Gasteiger partial charge in [-0.15, -0.1) is 0 Å². The van der Waals surface area contributed by atoms with Crippen molar-refractivity contribution in [1.29, 1.82) is 0 Å². The number of rotatable bonds is 6. The molecule has 1 aromatic carbocycles. The van der Waals surface area contributed by atoms with Gasteiger partial charge in [-0.05, 0) is 37.6 Å². The lowest BCUT2D eigenvalue weighted by atomic mass is 10.1. The van der Waals surface area contributed by atoms with Gasteiger partial charge in [0.25, 0.3) is 0 Å². The van der Waals surface area contributed by atoms with Crippen LogP contribution in [0.5, 0.6) is 0 Å². The molecule has 1 rings (SSSR count). The summed E-state index contributed by atoms with van der Waals surface area (Å²) in [5, 5.41) is 5.29. The third-order valence-corrected chi connectivity index (χ3v) is 2.61. The molecule has 0 aromatic heterocycles. The summed E-state index contributed by atoms with van der Waals surface area (Å²) in [6.07, 6.45) is 1.000. The summed E-state index contributed by atoms with van der Waals surface area (Å²) in [5.41, 5.74) is 6.95. The topological polar surface area (TPSA) is 93.5 Å². The zero-order chi connectivity index (χ0) is 15.0. The van der Waals surface area contributed by atoms with E-state index in [1.807, 2.05) is 6.92 Å². The Hall–Kier alpha value is -2.08. The predicted molar refractivity (Wildman–Crippen MR) is 78.6 cm³/mol. The first kappa shape index (κ1) is 16.0. The standard InChI is InChI=1S/C14H21N3O3/c1-3-5-12(15)13(18)16-10-6-8-11(9-7-10)17-14(19)20-4-2/h6-9,12H,3-5,15H2,1-2H3,(H,16,18)(H,17,19). The molecule has 0 heterocycles. The average Bonchev–Trinajstić information content (AvgIpc) is 2.41. The third kappa shape index (κ3) is 5.27. The van der Waals surface area contributed by atoms with Crippen molar-refractivity contribution in [2.24, 2.45) is 5.73 Å². The number of carbonyl (C=O) groups excluding carboxylic acids is 2. The summed E-state index contributed by atoms with van der Waals surface area (Å²) in [7, 11) is 0. The second-order valence-electron chi connectivity index (χ2n) is 4.31. The minimum atomic E-state index is -0.505. The minimum Gasteiger partial charge on any atom is -0.450 e. The van der Waals surface area contributed by atoms with Gasteiger partial charge in [0.1, 0.15) is 0 Å². The molecule has 110 valence electrons. The molecule has 20 heavy (non-hydrogen) atoms. The molecule has 0 aliphatic heterocycles. The molecule has 4 N–H and O–H groups in total. The van der Waals surface area contributed by atoms with Crippen molar-refractivity contribution in [2.75, 3.05) is 17.2 Å². The van der Waals surface area contributed by atoms with Crippen molar-refractivity contribution in [3.63, 3.8) is 0 Å². The number of hydrogen-bond donors (Lipinski definition) is 3. The number of nitrogens with two attached hydrogens (primary N) is 1. The molecule has 0 aliphatic carbocycles. The van der Waals surface area contributed by atoms with Crippen LogP contribution in [0.25, 0.3) is 0 Å². The number of ether oxygens (including phenoxy) is 1. The maximum absolute atomic E-state index is 11.7. The normalized spacial score (nSPS) is 11.6. The number of benzene rings is 1. The van der Waals surface area contributed by atoms with Crippen LogP contribution in [0.3, 0.4) is 0 Å². The first-order chi connectivity index (χ1) is 9.56. The summed E-state index contributed by atoms with van der Waals surface area (Å²) < 4.78 is 4.76. The van der Waals surface area contributed by atoms with E-state index in [-0.39, 0.29) is 5.91 Å². The van der Waals surface area contributed by atoms with Gasteiger partial charge in [-0.2, -0.15) is 0 Å². The molecule has 2 amide bonds. The van der Waals surface area contributed by atoms with E-state index in [1.165, 1.54) is 0 Å². The number of hydrogen-bond acceptors (Lipinski definition) is 4. The van der Waals surface area contributed by atoms with Gasteiger partial charge in [0.15, 0.2) is 0 Å². The second kappa shape index (κ2) is 8.16. The molecule has 0 radical (unpaired) electrons. The van der Waals surface area contributed by atoms with Gasteiger partial charge >= 0.3 is 6.09 Å². The fourth-order valence-corrected chi connectivity index (χ4v) is 1.60. The fraction of sp³-hybridized carbons (Fsp3) is 0.429. The number of amides is 2. The monoisotopic (exact) mass is 279 g/mol. The lowest BCUT2D eigenvalue weighted by molar-refractivity contribution is -0.117. The molecule has 0 saturated carbocycles. The zero-order valence-electron chi connectivity index (χ0n) is 11.8. The maximum Gasteiger partial charge on any atom is 0.411 e. The molecule has 0 bridgehead atoms. The Morgan fingerprint density at radius 1 is 1.15 bits per heavy atom. The van der Waals surface area contributed by atoms with Crippen LogP contribution in [0.15, 0.2) is 24.3 Å². The molecule has 0 fully saturated rings. The van der Waals surface area contributed by atoms with Crippen LogP contribution in [0.4, 0.5) is 16.2 Å². The Morgan fingerprint density at radius 2 is 1.70 bits per heavy atom. The number of carbonyl (C=O) groups is 2. The fourth-order valence-electron chi connectivity index (χ4n) is 1.60. The van der Waals surface area contributed by atoms with Gasteiger partial charge < -0.3 is 15.8 Å². The first-order valence-corrected chi connectivity index (χ1v) is 6.67. The summed E-state index contributed by atoms with van der Waals surface area (Å²) >= 11 is 0. The van der Waals surface area contributed by atoms with E-state index in [9.17, 15) is 9.59 Å². The largest absolute Gasteiger partial charge is 0.450 e. The van der Waals surface area contributed by atoms with Crippen molar-refractivity contribution < 1.29 is 14.3 Å². The highest BCUT2D eigenvalue weighted by molar-refractivity contribution is 5.95. The molecule has 6 heteroatoms. The average molecular weight is 279 g/mol. The van der Waals surface area contributed by atoms with E-state index in [2.05, 4.69) is 10.6 Å². The van der Waals surface area contributed by atoms with E-state index >= 15 is 0 Å². The van der Waals surface area contributed by atoms with Crippen molar-refractivity contribution in [2.45, 2.75) is 32.7 Å². The van der Waals surface area contributed by atoms with E-state index in [1.54, 1.807) is 31.2 Å². The summed E-state index contributed by atoms with van der Waals surface area (Å²) in [5.74, 6) is -0.210. The van der Waals surface area contributed by atoms with Gasteiger partial charge in [0.05, 0.1) is 12.6 Å². The zero-order valence-corrected chi connectivity index (χ0v) is 11.8. The molecule has 1 unspecified atom stereocenters. The van der Waals surface area contributed by atoms with E-state index in [0.29, 0.717) is 24.4 Å². The minimum absolute atomic E-state index is 0.210. The molecule has 6 nitrogen and oxygen atoms in total. The van der Waals surface area contributed by atoms with Crippen LogP contribution < -0.4 is 16.4 Å². The molecule has 1 atom stereocenters. The van der Waals surface area contributed by atoms with Crippen LogP contribution in [0, 0.1) is 0 Å². The Morgan fingerprint density at radius 3 is 2.20 bits per heavy atom. The summed E-state index contributed by atoms with van der Waals surface area (Å²) in [4.78, 5) is 22.9. The highest BCUT2D eigenvalue weighted by Crippen LogP contribution is 2.14. The molecular formula is C14H21N3O3. The molecule has 1 aromatic rings. The highest BCUT2D eigenvalue weighted by Gasteiger charge is 2.12. The third-order valence-electron chi connectivity index (χ3n) is 2.61. The smallest absolute Gasteiger partial charge is 0.411 e. The predicted octanol–water partition coefficient (Wildman–Crippen LogP) is 2.32. The van der Waals surface area contributed by atoms with E-state index in [0.717, 1.165) is 6.42 Å². The van der Waals surface area contributed by atoms with E-state index in [4.69, 9.17) is 10.5 Å². The van der Waals surface area contributed by atoms with Crippen molar-refractivity contribution in [1.82, 2.24) is 0 Å². The Bertz CT molecular complexity index is 445. The molecule has 0 spiro atoms. The van der Waals surface area contributed by atoms with Gasteiger partial charge in [0, 0.05) is 11.4 Å². The van der Waals surface area contributed by atoms with Gasteiger partial charge in [-0.25, -0.2) is 4.79 Å². The Kier molecular flexibility index (Phi) is 6.52. The van der Waals surface area contributed by atoms with Crippen LogP contribution in [-0.4, -0.2) is 24.6 Å². The van der Waals surface area contributed by atoms with Crippen LogP contribution in [0.2, 0.25) is 0 Å². The van der Waals surface area contributed by atoms with Crippen LogP contribution in [-0.2, 0) is 9.53 Å². The van der Waals surface area contributed by atoms with Crippen molar-refractivity contribution >= 4 is 23.4 Å². The van der Waals surface area contributed by atoms with Gasteiger partial charge in [0.2, 0.25) is 5.91 Å². The van der Waals surface area contributed by atoms with Gasteiger partial charge in [-0.3, -0.25) is 10.1 Å². The Labute approximate surface area is 118 Å². The molecule has 0 saturated heterocycles. The summed E-state index contributed by atoms with van der Waals surface area (Å²) in [6.45, 7) is 4.02. The maximum atomic E-state index is 11.7. The quantitative estimate of drug-likeness (QED) is 0.745. The SMILES string of the molecule is CCCC(N)C(=O)Nc1ccc(NC(=O)OCC)cc1. The van der Waals surface area contributed by atoms with Crippen molar-refractivity contribution in [3.8, 4) is 0 Å². The second-order valence-corrected chi connectivity index (χ2v) is 4.31. The van der Waals surface area contributed by atoms with Crippen LogP contribution in [0.1, 0.15) is 26.7 Å². The van der Waals surface area contributed by atoms with Crippen molar-refractivity contribution in [3.05, 3.63) is 24.3 Å². The lowest BCUT2D eigenvalue weighted by Gasteiger charge is -2.11. The highest BCUT2D eigenvalue weighted by atomic mass is 16.5. The number of anilines is 2. The van der Waals surface area contributed by atoms with Gasteiger partial charge in [-0.1, -0.05) is 13.3 Å². The van der Waals surface area contributed by atoms with Crippen LogP contribution >= 0.6 is 0 Å². The number of nitrogens with one attached hydrogen (secondary N) is 2. The lowest BCUT2D eigenvalue weighted by Crippen LogP contribution is -2.35. The summed E-state index contributed by atoms with van der Waals surface area (Å²) in [6, 6.07) is 6.24. The first-order valence-electron chi connectivity index (χ1n) is 6.67. The Balaban J connectivity index is 2.54. The molecule has 0 aliphatic rings. The van der Waals surface area contributed by atoms with E-state index < -0.39 is 12.1 Å². The molecular weight excluding hydrogens is 258 g/mol.